The van der Waals surface area contributed by atoms with E-state index in [-0.39, 0.29) is 12.3 Å². The van der Waals surface area contributed by atoms with Gasteiger partial charge in [-0.1, -0.05) is 12.2 Å². The molecule has 2 rings (SSSR count). The highest BCUT2D eigenvalue weighted by molar-refractivity contribution is 5.92. The van der Waals surface area contributed by atoms with E-state index >= 15 is 0 Å². The lowest BCUT2D eigenvalue weighted by molar-refractivity contribution is -0.147. The normalized spacial score (nSPS) is 16.6. The monoisotopic (exact) mass is 313 g/mol. The van der Waals surface area contributed by atoms with Crippen LogP contribution in [0.1, 0.15) is 19.3 Å². The SMILES string of the molecule is O=C(COC(=O)C[C@H]1C=CCC1)Nc1ccc(F)c(F)c1F. The number of allylic oxidation sites excluding steroid dienone is 2. The minimum Gasteiger partial charge on any atom is -0.456 e. The van der Waals surface area contributed by atoms with Gasteiger partial charge in [0.15, 0.2) is 24.1 Å². The van der Waals surface area contributed by atoms with Crippen LogP contribution < -0.4 is 5.32 Å². The van der Waals surface area contributed by atoms with Crippen LogP contribution in [-0.2, 0) is 14.3 Å². The smallest absolute Gasteiger partial charge is 0.306 e. The summed E-state index contributed by atoms with van der Waals surface area (Å²) in [6.45, 7) is -0.617. The van der Waals surface area contributed by atoms with Crippen molar-refractivity contribution in [2.24, 2.45) is 5.92 Å². The molecule has 118 valence electrons. The van der Waals surface area contributed by atoms with Crippen LogP contribution >= 0.6 is 0 Å². The molecule has 0 unspecified atom stereocenters. The lowest BCUT2D eigenvalue weighted by Crippen LogP contribution is -2.22. The van der Waals surface area contributed by atoms with Crippen molar-refractivity contribution in [1.82, 2.24) is 0 Å². The zero-order valence-electron chi connectivity index (χ0n) is 11.6. The second-order valence-corrected chi connectivity index (χ2v) is 4.90. The molecule has 0 aromatic heterocycles. The highest BCUT2D eigenvalue weighted by Gasteiger charge is 2.18. The summed E-state index contributed by atoms with van der Waals surface area (Å²) in [5, 5.41) is 2.02. The number of amides is 1. The topological polar surface area (TPSA) is 55.4 Å². The van der Waals surface area contributed by atoms with Gasteiger partial charge in [-0.05, 0) is 30.9 Å². The van der Waals surface area contributed by atoms with E-state index in [1.165, 1.54) is 0 Å². The average Bonchev–Trinajstić information content (AvgIpc) is 2.99. The Morgan fingerprint density at radius 2 is 2.00 bits per heavy atom. The van der Waals surface area contributed by atoms with Crippen LogP contribution in [0, 0.1) is 23.4 Å². The van der Waals surface area contributed by atoms with E-state index in [0.717, 1.165) is 18.9 Å². The lowest BCUT2D eigenvalue weighted by Gasteiger charge is -2.09. The Morgan fingerprint density at radius 3 is 2.68 bits per heavy atom. The summed E-state index contributed by atoms with van der Waals surface area (Å²) in [7, 11) is 0. The van der Waals surface area contributed by atoms with E-state index in [2.05, 4.69) is 0 Å². The fourth-order valence-electron chi connectivity index (χ4n) is 2.09. The van der Waals surface area contributed by atoms with Gasteiger partial charge in [0.1, 0.15) is 0 Å². The van der Waals surface area contributed by atoms with Gasteiger partial charge in [0.2, 0.25) is 0 Å². The molecule has 0 spiro atoms. The number of halogens is 3. The Balaban J connectivity index is 1.81. The van der Waals surface area contributed by atoms with E-state index in [9.17, 15) is 22.8 Å². The summed E-state index contributed by atoms with van der Waals surface area (Å²) in [5.74, 6) is -5.80. The summed E-state index contributed by atoms with van der Waals surface area (Å²) in [6, 6.07) is 1.57. The molecule has 1 aliphatic rings. The maximum absolute atomic E-state index is 13.3. The molecule has 1 amide bonds. The molecule has 0 saturated carbocycles. The molecule has 1 aliphatic carbocycles. The second-order valence-electron chi connectivity index (χ2n) is 4.90. The molecule has 4 nitrogen and oxygen atoms in total. The molecule has 0 aliphatic heterocycles. The van der Waals surface area contributed by atoms with E-state index in [1.54, 1.807) is 0 Å². The van der Waals surface area contributed by atoms with Crippen molar-refractivity contribution in [2.45, 2.75) is 19.3 Å². The maximum atomic E-state index is 13.3. The van der Waals surface area contributed by atoms with Gasteiger partial charge in [0.05, 0.1) is 12.1 Å². The summed E-state index contributed by atoms with van der Waals surface area (Å²) in [6.07, 6.45) is 5.83. The largest absolute Gasteiger partial charge is 0.456 e. The minimum atomic E-state index is -1.68. The fourth-order valence-corrected chi connectivity index (χ4v) is 2.09. The van der Waals surface area contributed by atoms with E-state index in [1.807, 2.05) is 17.5 Å². The molecule has 0 radical (unpaired) electrons. The maximum Gasteiger partial charge on any atom is 0.306 e. The molecule has 7 heteroatoms. The Labute approximate surface area is 125 Å². The first kappa shape index (κ1) is 16.1. The first-order valence-corrected chi connectivity index (χ1v) is 6.73. The third kappa shape index (κ3) is 4.09. The number of carbonyl (C=O) groups is 2. The lowest BCUT2D eigenvalue weighted by atomic mass is 10.1. The minimum absolute atomic E-state index is 0.110. The molecule has 0 heterocycles. The van der Waals surface area contributed by atoms with Crippen LogP contribution in [0.25, 0.3) is 0 Å². The number of carbonyl (C=O) groups excluding carboxylic acids is 2. The first-order valence-electron chi connectivity index (χ1n) is 6.73. The van der Waals surface area contributed by atoms with Gasteiger partial charge < -0.3 is 10.1 Å². The van der Waals surface area contributed by atoms with Crippen molar-refractivity contribution in [1.29, 1.82) is 0 Å². The van der Waals surface area contributed by atoms with E-state index in [4.69, 9.17) is 4.74 Å². The standard InChI is InChI=1S/C15H14F3NO3/c16-10-5-6-11(15(18)14(10)17)19-12(20)8-22-13(21)7-9-3-1-2-4-9/h1,3,5-6,9H,2,4,7-8H2,(H,19,20)/t9-/m0/s1. The molecule has 0 bridgehead atoms. The number of nitrogens with one attached hydrogen (secondary N) is 1. The number of rotatable bonds is 5. The average molecular weight is 313 g/mol. The molecule has 1 atom stereocenters. The van der Waals surface area contributed by atoms with Gasteiger partial charge in [-0.2, -0.15) is 0 Å². The fraction of sp³-hybridized carbons (Fsp3) is 0.333. The predicted octanol–water partition coefficient (Wildman–Crippen LogP) is 2.94. The number of esters is 1. The molecule has 0 fully saturated rings. The Bertz CT molecular complexity index is 616. The molecule has 0 saturated heterocycles. The van der Waals surface area contributed by atoms with Crippen molar-refractivity contribution in [3.63, 3.8) is 0 Å². The van der Waals surface area contributed by atoms with Crippen molar-refractivity contribution < 1.29 is 27.5 Å². The van der Waals surface area contributed by atoms with Crippen LogP contribution in [0.15, 0.2) is 24.3 Å². The number of benzene rings is 1. The molecular weight excluding hydrogens is 299 g/mol. The number of hydrogen-bond acceptors (Lipinski definition) is 3. The van der Waals surface area contributed by atoms with E-state index in [0.29, 0.717) is 6.07 Å². The van der Waals surface area contributed by atoms with Gasteiger partial charge >= 0.3 is 5.97 Å². The quantitative estimate of drug-likeness (QED) is 0.516. The first-order chi connectivity index (χ1) is 10.5. The Hall–Kier alpha value is -2.31. The second kappa shape index (κ2) is 7.11. The Kier molecular flexibility index (Phi) is 5.19. The van der Waals surface area contributed by atoms with Crippen molar-refractivity contribution in [3.8, 4) is 0 Å². The molecule has 22 heavy (non-hydrogen) atoms. The van der Waals surface area contributed by atoms with Gasteiger partial charge in [-0.15, -0.1) is 0 Å². The summed E-state index contributed by atoms with van der Waals surface area (Å²) < 4.78 is 43.8. The number of ether oxygens (including phenoxy) is 1. The van der Waals surface area contributed by atoms with E-state index < -0.39 is 41.6 Å². The third-order valence-electron chi connectivity index (χ3n) is 3.21. The number of hydrogen-bond donors (Lipinski definition) is 1. The summed E-state index contributed by atoms with van der Waals surface area (Å²) >= 11 is 0. The van der Waals surface area contributed by atoms with Crippen molar-refractivity contribution in [2.75, 3.05) is 11.9 Å². The molecular formula is C15H14F3NO3. The third-order valence-corrected chi connectivity index (χ3v) is 3.21. The molecule has 1 aromatic carbocycles. The molecule has 1 N–H and O–H groups in total. The van der Waals surface area contributed by atoms with Crippen LogP contribution in [0.3, 0.4) is 0 Å². The van der Waals surface area contributed by atoms with Gasteiger partial charge in [0.25, 0.3) is 5.91 Å². The van der Waals surface area contributed by atoms with Crippen molar-refractivity contribution in [3.05, 3.63) is 41.7 Å². The molecule has 1 aromatic rings. The van der Waals surface area contributed by atoms with Gasteiger partial charge in [0, 0.05) is 0 Å². The van der Waals surface area contributed by atoms with Crippen LogP contribution in [0.4, 0.5) is 18.9 Å². The van der Waals surface area contributed by atoms with Crippen LogP contribution in [-0.4, -0.2) is 18.5 Å². The van der Waals surface area contributed by atoms with Gasteiger partial charge in [-0.25, -0.2) is 13.2 Å². The Morgan fingerprint density at radius 1 is 1.23 bits per heavy atom. The predicted molar refractivity (Wildman–Crippen MR) is 72.4 cm³/mol. The van der Waals surface area contributed by atoms with Crippen LogP contribution in [0.5, 0.6) is 0 Å². The van der Waals surface area contributed by atoms with Crippen molar-refractivity contribution >= 4 is 17.6 Å². The zero-order valence-corrected chi connectivity index (χ0v) is 11.6. The zero-order chi connectivity index (χ0) is 16.1. The highest BCUT2D eigenvalue weighted by Crippen LogP contribution is 2.21. The highest BCUT2D eigenvalue weighted by atomic mass is 19.2. The summed E-state index contributed by atoms with van der Waals surface area (Å²) in [5.41, 5.74) is -0.515. The van der Waals surface area contributed by atoms with Gasteiger partial charge in [-0.3, -0.25) is 9.59 Å². The summed E-state index contributed by atoms with van der Waals surface area (Å²) in [4.78, 5) is 23.0. The number of anilines is 1. The van der Waals surface area contributed by atoms with Crippen LogP contribution in [0.2, 0.25) is 0 Å².